The largest absolute Gasteiger partial charge is 0.482 e. The Morgan fingerprint density at radius 3 is 2.40 bits per heavy atom. The Hall–Kier alpha value is -3.39. The minimum absolute atomic E-state index is 0.0358. The van der Waals surface area contributed by atoms with Gasteiger partial charge in [-0.1, -0.05) is 12.1 Å². The van der Waals surface area contributed by atoms with Gasteiger partial charge < -0.3 is 14.5 Å². The van der Waals surface area contributed by atoms with Crippen LogP contribution < -0.4 is 15.1 Å². The van der Waals surface area contributed by atoms with Gasteiger partial charge in [0.1, 0.15) is 5.75 Å². The summed E-state index contributed by atoms with van der Waals surface area (Å²) < 4.78 is 5.45. The van der Waals surface area contributed by atoms with Crippen LogP contribution in [0.4, 0.5) is 5.69 Å². The number of ether oxygens (including phenoxy) is 1. The maximum atomic E-state index is 12.6. The van der Waals surface area contributed by atoms with E-state index in [-0.39, 0.29) is 30.5 Å². The van der Waals surface area contributed by atoms with Crippen molar-refractivity contribution in [2.45, 2.75) is 25.8 Å². The number of amides is 3. The molecule has 0 bridgehead atoms. The molecular weight excluding hydrogens is 386 g/mol. The number of hydrogen-bond acceptors (Lipinski definition) is 5. The molecule has 30 heavy (non-hydrogen) atoms. The van der Waals surface area contributed by atoms with Gasteiger partial charge in [0.05, 0.1) is 12.2 Å². The molecule has 1 saturated heterocycles. The van der Waals surface area contributed by atoms with E-state index in [0.717, 1.165) is 31.5 Å². The number of benzene rings is 2. The first-order chi connectivity index (χ1) is 14.6. The number of hydrogen-bond donors (Lipinski definition) is 2. The number of nitrogens with zero attached hydrogens (tertiary/aromatic N) is 2. The highest BCUT2D eigenvalue weighted by atomic mass is 16.5. The smallest absolute Gasteiger partial charge is 0.274 e. The fraction of sp³-hybridized carbons (Fsp3) is 0.318. The lowest BCUT2D eigenvalue weighted by Crippen LogP contribution is -2.38. The van der Waals surface area contributed by atoms with Gasteiger partial charge in [0, 0.05) is 24.2 Å². The second-order valence-corrected chi connectivity index (χ2v) is 7.44. The Bertz CT molecular complexity index is 967. The van der Waals surface area contributed by atoms with Gasteiger partial charge in [0.15, 0.2) is 6.61 Å². The first-order valence-electron chi connectivity index (χ1n) is 9.96. The van der Waals surface area contributed by atoms with E-state index in [2.05, 4.69) is 0 Å². The highest BCUT2D eigenvalue weighted by Gasteiger charge is 2.27. The minimum atomic E-state index is -0.670. The number of carbonyl (C=O) groups excluding carboxylic acids is 3. The lowest BCUT2D eigenvalue weighted by Gasteiger charge is -2.30. The molecule has 156 valence electrons. The molecule has 0 radical (unpaired) electrons. The monoisotopic (exact) mass is 409 g/mol. The predicted molar refractivity (Wildman–Crippen MR) is 109 cm³/mol. The molecule has 2 aliphatic heterocycles. The molecule has 8 nitrogen and oxygen atoms in total. The molecule has 2 aromatic carbocycles. The number of rotatable bonds is 4. The summed E-state index contributed by atoms with van der Waals surface area (Å²) in [7, 11) is 0. The molecule has 3 amide bonds. The summed E-state index contributed by atoms with van der Waals surface area (Å²) in [6, 6.07) is 11.9. The van der Waals surface area contributed by atoms with Crippen LogP contribution in [0.25, 0.3) is 0 Å². The van der Waals surface area contributed by atoms with Crippen molar-refractivity contribution in [3.05, 3.63) is 59.2 Å². The van der Waals surface area contributed by atoms with Crippen molar-refractivity contribution < 1.29 is 24.3 Å². The molecule has 0 atom stereocenters. The number of likely N-dealkylation sites (tertiary alicyclic amines) is 1. The third-order valence-corrected chi connectivity index (χ3v) is 5.45. The minimum Gasteiger partial charge on any atom is -0.482 e. The zero-order chi connectivity index (χ0) is 21.1. The van der Waals surface area contributed by atoms with E-state index in [1.165, 1.54) is 23.5 Å². The van der Waals surface area contributed by atoms with Gasteiger partial charge in [0.2, 0.25) is 0 Å². The Labute approximate surface area is 174 Å². The van der Waals surface area contributed by atoms with Crippen molar-refractivity contribution in [2.75, 3.05) is 24.6 Å². The zero-order valence-electron chi connectivity index (χ0n) is 16.5. The number of hydroxylamine groups is 1. The molecule has 0 aliphatic carbocycles. The van der Waals surface area contributed by atoms with E-state index in [9.17, 15) is 14.4 Å². The molecule has 8 heteroatoms. The number of fused-ring (bicyclic) bond motifs is 1. The van der Waals surface area contributed by atoms with Gasteiger partial charge in [-0.3, -0.25) is 19.6 Å². The van der Waals surface area contributed by atoms with Crippen molar-refractivity contribution in [3.8, 4) is 5.75 Å². The van der Waals surface area contributed by atoms with E-state index in [1.807, 2.05) is 17.0 Å². The summed E-state index contributed by atoms with van der Waals surface area (Å²) in [6.07, 6.45) is 3.25. The Morgan fingerprint density at radius 2 is 1.70 bits per heavy atom. The summed E-state index contributed by atoms with van der Waals surface area (Å²) in [4.78, 5) is 40.3. The predicted octanol–water partition coefficient (Wildman–Crippen LogP) is 2.36. The van der Waals surface area contributed by atoms with Crippen LogP contribution >= 0.6 is 0 Å². The standard InChI is InChI=1S/C22H23N3O5/c26-20-14-30-19-9-8-17(21(27)23-29)12-18(19)25(20)13-15-4-6-16(7-5-15)22(28)24-10-2-1-3-11-24/h4-9,12,29H,1-3,10-11,13-14H2,(H,23,27). The Kier molecular flexibility index (Phi) is 5.67. The summed E-state index contributed by atoms with van der Waals surface area (Å²) in [6.45, 7) is 1.77. The van der Waals surface area contributed by atoms with E-state index in [1.54, 1.807) is 23.7 Å². The van der Waals surface area contributed by atoms with Crippen LogP contribution in [-0.4, -0.2) is 47.5 Å². The molecule has 2 aromatic rings. The van der Waals surface area contributed by atoms with Crippen LogP contribution in [0.3, 0.4) is 0 Å². The summed E-state index contributed by atoms with van der Waals surface area (Å²) in [5.41, 5.74) is 3.74. The average molecular weight is 409 g/mol. The third kappa shape index (κ3) is 3.99. The van der Waals surface area contributed by atoms with E-state index in [4.69, 9.17) is 9.94 Å². The fourth-order valence-corrected chi connectivity index (χ4v) is 3.80. The van der Waals surface area contributed by atoms with Gasteiger partial charge >= 0.3 is 0 Å². The molecule has 2 aliphatic rings. The Balaban J connectivity index is 1.53. The van der Waals surface area contributed by atoms with E-state index < -0.39 is 5.91 Å². The molecule has 4 rings (SSSR count). The van der Waals surface area contributed by atoms with E-state index >= 15 is 0 Å². The number of carbonyl (C=O) groups is 3. The third-order valence-electron chi connectivity index (χ3n) is 5.45. The maximum absolute atomic E-state index is 12.6. The van der Waals surface area contributed by atoms with Crippen LogP contribution in [0.1, 0.15) is 45.5 Å². The highest BCUT2D eigenvalue weighted by Crippen LogP contribution is 2.34. The lowest BCUT2D eigenvalue weighted by molar-refractivity contribution is -0.121. The number of nitrogens with one attached hydrogen (secondary N) is 1. The van der Waals surface area contributed by atoms with Crippen LogP contribution in [0.2, 0.25) is 0 Å². The molecule has 0 saturated carbocycles. The normalized spacial score (nSPS) is 16.0. The first kappa shape index (κ1) is 19.9. The second-order valence-electron chi connectivity index (χ2n) is 7.44. The SMILES string of the molecule is O=C(NO)c1ccc2c(c1)N(Cc1ccc(C(=O)N3CCCCC3)cc1)C(=O)CO2. The molecule has 0 spiro atoms. The van der Waals surface area contributed by atoms with Gasteiger partial charge in [-0.05, 0) is 55.2 Å². The summed E-state index contributed by atoms with van der Waals surface area (Å²) >= 11 is 0. The summed E-state index contributed by atoms with van der Waals surface area (Å²) in [5, 5.41) is 8.87. The topological polar surface area (TPSA) is 99.2 Å². The van der Waals surface area contributed by atoms with Crippen LogP contribution in [-0.2, 0) is 11.3 Å². The van der Waals surface area contributed by atoms with Gasteiger partial charge in [-0.15, -0.1) is 0 Å². The van der Waals surface area contributed by atoms with Gasteiger partial charge in [-0.2, -0.15) is 0 Å². The van der Waals surface area contributed by atoms with Crippen LogP contribution in [0.15, 0.2) is 42.5 Å². The quantitative estimate of drug-likeness (QED) is 0.597. The van der Waals surface area contributed by atoms with E-state index in [0.29, 0.717) is 17.0 Å². The fourth-order valence-electron chi connectivity index (χ4n) is 3.80. The number of piperidine rings is 1. The Morgan fingerprint density at radius 1 is 1.00 bits per heavy atom. The first-order valence-corrected chi connectivity index (χ1v) is 9.96. The van der Waals surface area contributed by atoms with Crippen molar-refractivity contribution in [1.29, 1.82) is 0 Å². The summed E-state index contributed by atoms with van der Waals surface area (Å²) in [5.74, 6) is -0.386. The molecule has 2 heterocycles. The molecule has 0 unspecified atom stereocenters. The van der Waals surface area contributed by atoms with Crippen LogP contribution in [0, 0.1) is 0 Å². The molecular formula is C22H23N3O5. The van der Waals surface area contributed by atoms with Gasteiger partial charge in [-0.25, -0.2) is 5.48 Å². The van der Waals surface area contributed by atoms with Gasteiger partial charge in [0.25, 0.3) is 17.7 Å². The van der Waals surface area contributed by atoms with Crippen molar-refractivity contribution in [3.63, 3.8) is 0 Å². The maximum Gasteiger partial charge on any atom is 0.274 e. The zero-order valence-corrected chi connectivity index (χ0v) is 16.5. The van der Waals surface area contributed by atoms with Crippen LogP contribution in [0.5, 0.6) is 5.75 Å². The molecule has 0 aromatic heterocycles. The van der Waals surface area contributed by atoms with Crippen molar-refractivity contribution in [2.24, 2.45) is 0 Å². The molecule has 1 fully saturated rings. The average Bonchev–Trinajstić information content (AvgIpc) is 2.80. The lowest BCUT2D eigenvalue weighted by atomic mass is 10.1. The van der Waals surface area contributed by atoms with Crippen molar-refractivity contribution in [1.82, 2.24) is 10.4 Å². The van der Waals surface area contributed by atoms with Crippen molar-refractivity contribution >= 4 is 23.4 Å². The second kappa shape index (κ2) is 8.54. The molecule has 2 N–H and O–H groups in total. The highest BCUT2D eigenvalue weighted by molar-refractivity contribution is 6.01. The number of anilines is 1.